The predicted octanol–water partition coefficient (Wildman–Crippen LogP) is 1.86. The Labute approximate surface area is 119 Å². The van der Waals surface area contributed by atoms with E-state index >= 15 is 0 Å². The summed E-state index contributed by atoms with van der Waals surface area (Å²) in [6.45, 7) is 3.58. The second-order valence-corrected chi connectivity index (χ2v) is 7.48. The first-order valence-electron chi connectivity index (χ1n) is 6.02. The Kier molecular flexibility index (Phi) is 5.85. The minimum Gasteiger partial charge on any atom is -0.392 e. The smallest absolute Gasteiger partial charge is 0.243 e. The Bertz CT molecular complexity index is 529. The molecule has 0 fully saturated rings. The molecule has 0 aliphatic heterocycles. The molecule has 0 saturated carbocycles. The average molecular weight is 303 g/mol. The molecule has 0 amide bonds. The van der Waals surface area contributed by atoms with Gasteiger partial charge in [-0.2, -0.15) is 16.1 Å². The molecule has 1 atom stereocenters. The molecule has 1 N–H and O–H groups in total. The van der Waals surface area contributed by atoms with Crippen LogP contribution in [0.2, 0.25) is 0 Å². The fraction of sp³-hybridized carbons (Fsp3) is 0.538. The molecule has 0 aliphatic rings. The Morgan fingerprint density at radius 2 is 2.05 bits per heavy atom. The van der Waals surface area contributed by atoms with Crippen molar-refractivity contribution in [3.05, 3.63) is 29.3 Å². The highest BCUT2D eigenvalue weighted by molar-refractivity contribution is 7.98. The number of benzene rings is 1. The Balaban J connectivity index is 3.13. The van der Waals surface area contributed by atoms with E-state index in [0.29, 0.717) is 5.56 Å². The molecule has 0 aliphatic carbocycles. The van der Waals surface area contributed by atoms with Crippen LogP contribution in [0, 0.1) is 6.92 Å². The molecular formula is C13H21NO3S2. The second kappa shape index (κ2) is 6.74. The summed E-state index contributed by atoms with van der Waals surface area (Å²) < 4.78 is 26.3. The molecule has 108 valence electrons. The van der Waals surface area contributed by atoms with Crippen LogP contribution >= 0.6 is 11.8 Å². The van der Waals surface area contributed by atoms with Gasteiger partial charge in [0, 0.05) is 18.8 Å². The summed E-state index contributed by atoms with van der Waals surface area (Å²) in [7, 11) is -1.91. The van der Waals surface area contributed by atoms with Crippen LogP contribution in [0.5, 0.6) is 0 Å². The summed E-state index contributed by atoms with van der Waals surface area (Å²) in [5.74, 6) is 0.744. The topological polar surface area (TPSA) is 57.6 Å². The van der Waals surface area contributed by atoms with Gasteiger partial charge < -0.3 is 5.11 Å². The largest absolute Gasteiger partial charge is 0.392 e. The quantitative estimate of drug-likeness (QED) is 0.871. The highest BCUT2D eigenvalue weighted by Gasteiger charge is 2.25. The molecule has 0 heterocycles. The summed E-state index contributed by atoms with van der Waals surface area (Å²) in [5, 5.41) is 9.23. The Morgan fingerprint density at radius 1 is 1.42 bits per heavy atom. The maximum absolute atomic E-state index is 12.5. The first-order chi connectivity index (χ1) is 8.84. The van der Waals surface area contributed by atoms with Crippen molar-refractivity contribution in [2.75, 3.05) is 19.1 Å². The van der Waals surface area contributed by atoms with E-state index in [2.05, 4.69) is 0 Å². The summed E-state index contributed by atoms with van der Waals surface area (Å²) in [6.07, 6.45) is 1.95. The van der Waals surface area contributed by atoms with Gasteiger partial charge in [0.1, 0.15) is 0 Å². The van der Waals surface area contributed by atoms with Crippen LogP contribution in [0.25, 0.3) is 0 Å². The Morgan fingerprint density at radius 3 is 2.58 bits per heavy atom. The fourth-order valence-corrected chi connectivity index (χ4v) is 3.94. The second-order valence-electron chi connectivity index (χ2n) is 4.57. The lowest BCUT2D eigenvalue weighted by atomic mass is 10.1. The lowest BCUT2D eigenvalue weighted by Crippen LogP contribution is -2.36. The molecule has 1 unspecified atom stereocenters. The zero-order chi connectivity index (χ0) is 14.6. The molecule has 0 saturated heterocycles. The summed E-state index contributed by atoms with van der Waals surface area (Å²) in [6, 6.07) is 4.80. The zero-order valence-electron chi connectivity index (χ0n) is 11.8. The standard InChI is InChI=1S/C13H21NO3S2/c1-10-5-6-13(7-12(10)8-15)19(16,17)14(3)11(2)9-18-4/h5-7,11,15H,8-9H2,1-4H3. The van der Waals surface area contributed by atoms with Crippen LogP contribution in [-0.2, 0) is 16.6 Å². The minimum absolute atomic E-state index is 0.0705. The SMILES string of the molecule is CSCC(C)N(C)S(=O)(=O)c1ccc(C)c(CO)c1. The van der Waals surface area contributed by atoms with Crippen molar-refractivity contribution in [3.8, 4) is 0 Å². The molecule has 0 radical (unpaired) electrons. The lowest BCUT2D eigenvalue weighted by Gasteiger charge is -2.24. The first-order valence-corrected chi connectivity index (χ1v) is 8.85. The van der Waals surface area contributed by atoms with Gasteiger partial charge in [0.15, 0.2) is 0 Å². The summed E-state index contributed by atoms with van der Waals surface area (Å²) in [4.78, 5) is 0.234. The van der Waals surface area contributed by atoms with Crippen LogP contribution in [0.1, 0.15) is 18.1 Å². The van der Waals surface area contributed by atoms with Gasteiger partial charge in [0.05, 0.1) is 11.5 Å². The van der Waals surface area contributed by atoms with Crippen LogP contribution < -0.4 is 0 Å². The zero-order valence-corrected chi connectivity index (χ0v) is 13.4. The van der Waals surface area contributed by atoms with Crippen molar-refractivity contribution in [3.63, 3.8) is 0 Å². The van der Waals surface area contributed by atoms with Crippen molar-refractivity contribution in [2.24, 2.45) is 0 Å². The van der Waals surface area contributed by atoms with Gasteiger partial charge >= 0.3 is 0 Å². The van der Waals surface area contributed by atoms with Crippen molar-refractivity contribution in [2.45, 2.75) is 31.4 Å². The van der Waals surface area contributed by atoms with Crippen LogP contribution in [0.3, 0.4) is 0 Å². The maximum atomic E-state index is 12.5. The Hall–Kier alpha value is -0.560. The van der Waals surface area contributed by atoms with Gasteiger partial charge in [-0.1, -0.05) is 6.07 Å². The van der Waals surface area contributed by atoms with E-state index in [0.717, 1.165) is 11.3 Å². The fourth-order valence-electron chi connectivity index (χ4n) is 1.73. The number of aryl methyl sites for hydroxylation is 1. The molecule has 1 rings (SSSR count). The summed E-state index contributed by atoms with van der Waals surface area (Å²) in [5.41, 5.74) is 1.54. The monoisotopic (exact) mass is 303 g/mol. The number of nitrogens with zero attached hydrogens (tertiary/aromatic N) is 1. The van der Waals surface area contributed by atoms with Gasteiger partial charge in [-0.15, -0.1) is 0 Å². The van der Waals surface area contributed by atoms with E-state index in [4.69, 9.17) is 0 Å². The average Bonchev–Trinajstić information content (AvgIpc) is 2.38. The predicted molar refractivity (Wildman–Crippen MR) is 79.9 cm³/mol. The van der Waals surface area contributed by atoms with Crippen molar-refractivity contribution < 1.29 is 13.5 Å². The van der Waals surface area contributed by atoms with Gasteiger partial charge in [0.25, 0.3) is 0 Å². The first kappa shape index (κ1) is 16.5. The highest BCUT2D eigenvalue weighted by atomic mass is 32.2. The molecule has 4 nitrogen and oxygen atoms in total. The van der Waals surface area contributed by atoms with Gasteiger partial charge in [-0.05, 0) is 43.4 Å². The van der Waals surface area contributed by atoms with Crippen LogP contribution in [-0.4, -0.2) is 42.9 Å². The van der Waals surface area contributed by atoms with Crippen molar-refractivity contribution >= 4 is 21.8 Å². The van der Waals surface area contributed by atoms with E-state index < -0.39 is 10.0 Å². The van der Waals surface area contributed by atoms with E-state index in [1.807, 2.05) is 20.1 Å². The van der Waals surface area contributed by atoms with Gasteiger partial charge in [-0.3, -0.25) is 0 Å². The van der Waals surface area contributed by atoms with E-state index in [-0.39, 0.29) is 17.5 Å². The third-order valence-corrected chi connectivity index (χ3v) is 5.98. The van der Waals surface area contributed by atoms with Crippen molar-refractivity contribution in [1.29, 1.82) is 0 Å². The third-order valence-electron chi connectivity index (χ3n) is 3.20. The van der Waals surface area contributed by atoms with E-state index in [1.54, 1.807) is 37.0 Å². The number of thioether (sulfide) groups is 1. The molecule has 6 heteroatoms. The molecule has 0 bridgehead atoms. The normalized spacial score (nSPS) is 13.8. The van der Waals surface area contributed by atoms with Crippen molar-refractivity contribution in [1.82, 2.24) is 4.31 Å². The molecular weight excluding hydrogens is 282 g/mol. The molecule has 0 spiro atoms. The number of hydrogen-bond donors (Lipinski definition) is 1. The molecule has 1 aromatic carbocycles. The summed E-state index contributed by atoms with van der Waals surface area (Å²) >= 11 is 1.61. The number of sulfonamides is 1. The molecule has 1 aromatic rings. The highest BCUT2D eigenvalue weighted by Crippen LogP contribution is 2.21. The number of rotatable bonds is 6. The lowest BCUT2D eigenvalue weighted by molar-refractivity contribution is 0.280. The van der Waals surface area contributed by atoms with Crippen LogP contribution in [0.4, 0.5) is 0 Å². The number of aliphatic hydroxyl groups is 1. The number of aliphatic hydroxyl groups excluding tert-OH is 1. The molecule has 0 aromatic heterocycles. The minimum atomic E-state index is -3.50. The van der Waals surface area contributed by atoms with E-state index in [9.17, 15) is 13.5 Å². The third kappa shape index (κ3) is 3.72. The van der Waals surface area contributed by atoms with E-state index in [1.165, 1.54) is 4.31 Å². The van der Waals surface area contributed by atoms with Gasteiger partial charge in [-0.25, -0.2) is 8.42 Å². The maximum Gasteiger partial charge on any atom is 0.243 e. The molecule has 19 heavy (non-hydrogen) atoms. The number of hydrogen-bond acceptors (Lipinski definition) is 4. The van der Waals surface area contributed by atoms with Crippen LogP contribution in [0.15, 0.2) is 23.1 Å². The van der Waals surface area contributed by atoms with Gasteiger partial charge in [0.2, 0.25) is 10.0 Å².